The molecule has 5 aliphatic rings. The van der Waals surface area contributed by atoms with E-state index in [0.717, 1.165) is 53.3 Å². The van der Waals surface area contributed by atoms with E-state index >= 15 is 0 Å². The number of carbonyl (C=O) groups is 14. The molecule has 0 aromatic heterocycles. The molecule has 5 heterocycles. The Morgan fingerprint density at radius 3 is 0.755 bits per heavy atom. The molecular formula is C111H145N5O22S. The molecule has 0 saturated carbocycles. The highest BCUT2D eigenvalue weighted by Crippen LogP contribution is 2.36. The summed E-state index contributed by atoms with van der Waals surface area (Å²) >= 11 is 0. The first kappa shape index (κ1) is 118. The van der Waals surface area contributed by atoms with E-state index in [4.69, 9.17) is 30.1 Å². The molecule has 15 atom stereocenters. The van der Waals surface area contributed by atoms with Crippen LogP contribution in [0.3, 0.4) is 0 Å². The maximum atomic E-state index is 12.1. The number of aliphatic carboxylic acids is 2. The Hall–Kier alpha value is -13.0. The Morgan fingerprint density at radius 1 is 0.288 bits per heavy atom. The van der Waals surface area contributed by atoms with Gasteiger partial charge in [-0.1, -0.05) is 303 Å². The number of carboxylic acid groups (broad SMARTS) is 4. The molecular weight excluding hydrogens is 1790 g/mol. The van der Waals surface area contributed by atoms with Gasteiger partial charge in [-0.2, -0.15) is 8.42 Å². The van der Waals surface area contributed by atoms with Crippen molar-refractivity contribution in [2.24, 2.45) is 59.2 Å². The molecule has 27 nitrogen and oxygen atoms in total. The Kier molecular flexibility index (Phi) is 50.0. The zero-order valence-electron chi connectivity index (χ0n) is 84.2. The van der Waals surface area contributed by atoms with Crippen LogP contribution in [-0.4, -0.2) is 144 Å². The number of imide groups is 5. The number of phenols is 1. The summed E-state index contributed by atoms with van der Waals surface area (Å²) in [6.45, 7) is 40.2. The van der Waals surface area contributed by atoms with Gasteiger partial charge in [0.15, 0.2) is 0 Å². The third-order valence-electron chi connectivity index (χ3n) is 26.5. The zero-order chi connectivity index (χ0) is 104. The van der Waals surface area contributed by atoms with Gasteiger partial charge in [0.05, 0.1) is 33.1 Å². The van der Waals surface area contributed by atoms with Crippen LogP contribution >= 0.6 is 0 Å². The summed E-state index contributed by atoms with van der Waals surface area (Å²) in [7, 11) is -4.28. The van der Waals surface area contributed by atoms with Crippen LogP contribution in [0.15, 0.2) is 223 Å². The summed E-state index contributed by atoms with van der Waals surface area (Å²) < 4.78 is 30.7. The largest absolute Gasteiger partial charge is 0.508 e. The number of nitrogens with zero attached hydrogens (tertiary/aromatic N) is 5. The average Bonchev–Trinajstić information content (AvgIpc) is 1.64. The molecule has 8 aromatic carbocycles. The first-order valence-electron chi connectivity index (χ1n) is 48.1. The van der Waals surface area contributed by atoms with E-state index < -0.39 is 80.6 Å². The van der Waals surface area contributed by atoms with E-state index in [1.807, 2.05) is 0 Å². The molecule has 0 spiro atoms. The van der Waals surface area contributed by atoms with Gasteiger partial charge in [-0.3, -0.25) is 86.6 Å². The number of aromatic carboxylic acids is 2. The Balaban J connectivity index is 0.000000326. The number of rotatable bonds is 27. The van der Waals surface area contributed by atoms with Crippen molar-refractivity contribution in [3.8, 4) is 5.75 Å². The number of carboxylic acids is 4. The summed E-state index contributed by atoms with van der Waals surface area (Å²) in [5.41, 5.74) is 7.28. The van der Waals surface area contributed by atoms with Crippen molar-refractivity contribution in [2.75, 3.05) is 27.8 Å². The number of phenolic OH excluding ortho intramolecular Hbond substituents is 1. The van der Waals surface area contributed by atoms with Crippen LogP contribution < -0.4 is 14.7 Å². The molecule has 5 aliphatic heterocycles. The lowest BCUT2D eigenvalue weighted by molar-refractivity contribution is -0.142. The van der Waals surface area contributed by atoms with E-state index in [1.54, 1.807) is 81.4 Å². The summed E-state index contributed by atoms with van der Waals surface area (Å²) in [5, 5.41) is 44.1. The molecule has 0 bridgehead atoms. The molecule has 0 aliphatic carbocycles. The molecule has 5 saturated heterocycles. The Bertz CT molecular complexity index is 5070. The van der Waals surface area contributed by atoms with E-state index in [-0.39, 0.29) is 118 Å². The highest BCUT2D eigenvalue weighted by atomic mass is 32.2. The van der Waals surface area contributed by atoms with Crippen LogP contribution in [0.1, 0.15) is 294 Å². The van der Waals surface area contributed by atoms with Crippen molar-refractivity contribution in [2.45, 2.75) is 250 Å². The molecule has 28 heteroatoms. The summed E-state index contributed by atoms with van der Waals surface area (Å²) in [6, 6.07) is 67.6. The summed E-state index contributed by atoms with van der Waals surface area (Å²) in [6.07, 6.45) is 9.73. The second kappa shape index (κ2) is 58.7. The van der Waals surface area contributed by atoms with E-state index in [1.165, 1.54) is 105 Å². The molecule has 6 N–H and O–H groups in total. The van der Waals surface area contributed by atoms with Gasteiger partial charge in [0.2, 0.25) is 59.1 Å². The molecule has 15 unspecified atom stereocenters. The van der Waals surface area contributed by atoms with Gasteiger partial charge < -0.3 is 25.5 Å². The lowest BCUT2D eigenvalue weighted by Gasteiger charge is -2.15. The number of amides is 10. The number of anilines is 3. The van der Waals surface area contributed by atoms with Crippen molar-refractivity contribution in [3.63, 3.8) is 0 Å². The maximum absolute atomic E-state index is 12.1. The van der Waals surface area contributed by atoms with Gasteiger partial charge in [0, 0.05) is 85.1 Å². The first-order chi connectivity index (χ1) is 65.6. The number of hydrogen-bond acceptors (Lipinski definition) is 17. The predicted molar refractivity (Wildman–Crippen MR) is 541 cm³/mol. The zero-order valence-corrected chi connectivity index (χ0v) is 85.0. The molecule has 5 fully saturated rings. The smallest absolute Gasteiger partial charge is 0.336 e. The lowest BCUT2D eigenvalue weighted by Crippen LogP contribution is -2.32. The fraction of sp³-hybridized carbons (Fsp3) is 0.441. The molecule has 10 amide bonds. The van der Waals surface area contributed by atoms with Crippen LogP contribution in [0.5, 0.6) is 5.75 Å². The molecule has 13 rings (SSSR count). The van der Waals surface area contributed by atoms with Gasteiger partial charge >= 0.3 is 23.9 Å². The van der Waals surface area contributed by atoms with Crippen LogP contribution in [0.4, 0.5) is 17.1 Å². The highest BCUT2D eigenvalue weighted by Gasteiger charge is 2.47. The van der Waals surface area contributed by atoms with Gasteiger partial charge in [0.25, 0.3) is 10.1 Å². The predicted octanol–water partition coefficient (Wildman–Crippen LogP) is 22.0. The van der Waals surface area contributed by atoms with Gasteiger partial charge in [-0.25, -0.2) is 9.59 Å². The number of unbranched alkanes of at least 4 members (excludes halogenated alkanes) is 3. The average molecular weight is 1930 g/mol. The van der Waals surface area contributed by atoms with Gasteiger partial charge in [-0.15, -0.1) is 0 Å². The third-order valence-corrected chi connectivity index (χ3v) is 27.3. The number of benzene rings is 8. The fourth-order valence-corrected chi connectivity index (χ4v) is 15.3. The Labute approximate surface area is 821 Å². The van der Waals surface area contributed by atoms with Crippen molar-refractivity contribution in [1.82, 2.24) is 9.80 Å². The van der Waals surface area contributed by atoms with Crippen LogP contribution in [-0.2, 0) is 67.7 Å². The first-order valence-corrected chi connectivity index (χ1v) is 49.6. The second-order valence-corrected chi connectivity index (χ2v) is 37.5. The van der Waals surface area contributed by atoms with Gasteiger partial charge in [0.1, 0.15) is 5.75 Å². The van der Waals surface area contributed by atoms with E-state index in [0.29, 0.717) is 60.4 Å². The number of carbonyl (C=O) groups excluding carboxylic acids is 10. The van der Waals surface area contributed by atoms with Crippen molar-refractivity contribution >= 4 is 110 Å². The number of hydrogen-bond donors (Lipinski definition) is 6. The van der Waals surface area contributed by atoms with Crippen molar-refractivity contribution < 1.29 is 106 Å². The molecule has 752 valence electrons. The SMILES string of the molecule is CC1C(=O)N(CCCC(=O)O)C(=O)C1C.CC1C(=O)N(CCCCCCC(=O)O)C(=O)C1C.CC1C(=O)N(c2ccc(C(=O)O)c(C(=O)O)c2)C(=O)C1C.CC1C(=O)N(c2ccc(O)cc2)C(=O)C1C.CC1C(=O)N(c2ccc(S(=O)(=O)O)cc2)C(=O)C1C.CCC(C)c1ccccc1.CCC(C)c1ccccc1.CCC(C)c1ccccc1.CCC(C)c1ccccc1.CCC(C)c1ccccc1. The number of likely N-dealkylation sites (tertiary alicyclic amines) is 2. The lowest BCUT2D eigenvalue weighted by atomic mass is 9.99. The molecule has 139 heavy (non-hydrogen) atoms. The third kappa shape index (κ3) is 35.5. The van der Waals surface area contributed by atoms with Crippen LogP contribution in [0.25, 0.3) is 0 Å². The molecule has 0 radical (unpaired) electrons. The fourth-order valence-electron chi connectivity index (χ4n) is 14.9. The quantitative estimate of drug-likeness (QED) is 0.0158. The van der Waals surface area contributed by atoms with Crippen molar-refractivity contribution in [3.05, 3.63) is 257 Å². The van der Waals surface area contributed by atoms with E-state index in [9.17, 15) is 75.5 Å². The van der Waals surface area contributed by atoms with E-state index in [2.05, 4.69) is 221 Å². The minimum absolute atomic E-state index is 0.0141. The number of aromatic hydroxyl groups is 1. The summed E-state index contributed by atoms with van der Waals surface area (Å²) in [5.74, 6) is -6.47. The standard InChI is InChI=1S/C14H13NO6.C13H21NO4.C12H13NO5S.C12H13NO3.C10H15NO4.5C10H14/c1-6-7(2)12(17)15(11(6)16)8-3-4-9(13(18)19)10(5-8)14(20)21;1-9-10(2)13(18)14(12(9)17)8-6-4-3-5-7-11(15)16;1-7-8(2)12(15)13(11(7)14)9-3-5-10(6-4-9)19(16,17)18;1-7-8(2)12(16)13(11(7)15)9-3-5-10(14)6-4-9;1-6-7(2)10(15)11(9(6)14)5-3-4-8(12)13;5*1-3-9(2)10-7-5-4-6-8-10/h3-7H,1-2H3,(H,18,19)(H,20,21);9-10H,3-8H2,1-2H3,(H,15,16);3-8H,1-2H3,(H,16,17,18);3-8,14H,1-2H3;6-7H,3-5H2,1-2H3,(H,12,13);5*4-9H,3H2,1-2H3. The topological polar surface area (TPSA) is 411 Å². The monoisotopic (exact) mass is 1930 g/mol. The van der Waals surface area contributed by atoms with Crippen LogP contribution in [0, 0.1) is 59.2 Å². The maximum Gasteiger partial charge on any atom is 0.336 e. The second-order valence-electron chi connectivity index (χ2n) is 36.1. The van der Waals surface area contributed by atoms with Gasteiger partial charge in [-0.05, 0) is 176 Å². The minimum atomic E-state index is -4.28. The molecule has 8 aromatic rings. The highest BCUT2D eigenvalue weighted by molar-refractivity contribution is 7.85. The minimum Gasteiger partial charge on any atom is -0.508 e. The summed E-state index contributed by atoms with van der Waals surface area (Å²) in [4.78, 5) is 166. The Morgan fingerprint density at radius 2 is 0.511 bits per heavy atom. The normalized spacial score (nSPS) is 20.1. The van der Waals surface area contributed by atoms with Crippen LogP contribution in [0.2, 0.25) is 0 Å². The van der Waals surface area contributed by atoms with Crippen molar-refractivity contribution in [1.29, 1.82) is 0 Å².